The largest absolute Gasteiger partial charge is 0.493 e. The van der Waals surface area contributed by atoms with Crippen molar-refractivity contribution < 1.29 is 9.47 Å². The van der Waals surface area contributed by atoms with Gasteiger partial charge < -0.3 is 14.8 Å². The summed E-state index contributed by atoms with van der Waals surface area (Å²) < 4.78 is 12.4. The zero-order chi connectivity index (χ0) is 20.8. The van der Waals surface area contributed by atoms with Gasteiger partial charge in [-0.15, -0.1) is 0 Å². The molecule has 0 fully saturated rings. The molecular weight excluding hydrogens is 473 g/mol. The molecule has 0 aliphatic rings. The third kappa shape index (κ3) is 5.67. The molecule has 0 heterocycles. The minimum absolute atomic E-state index is 0.229. The van der Waals surface area contributed by atoms with Crippen LogP contribution in [0.1, 0.15) is 29.7 Å². The van der Waals surface area contributed by atoms with Crippen LogP contribution in [0.3, 0.4) is 0 Å². The highest BCUT2D eigenvalue weighted by Crippen LogP contribution is 2.35. The maximum Gasteiger partial charge on any atom is 0.162 e. The van der Waals surface area contributed by atoms with Crippen molar-refractivity contribution in [3.8, 4) is 11.5 Å². The van der Waals surface area contributed by atoms with E-state index in [4.69, 9.17) is 32.7 Å². The van der Waals surface area contributed by atoms with Crippen LogP contribution in [-0.4, -0.2) is 7.11 Å². The molecule has 0 saturated carbocycles. The molecule has 1 atom stereocenters. The monoisotopic (exact) mass is 493 g/mol. The van der Waals surface area contributed by atoms with Crippen LogP contribution >= 0.6 is 39.1 Å². The van der Waals surface area contributed by atoms with Gasteiger partial charge in [0.25, 0.3) is 0 Å². The number of halogens is 3. The lowest BCUT2D eigenvalue weighted by atomic mass is 10.1. The molecule has 29 heavy (non-hydrogen) atoms. The van der Waals surface area contributed by atoms with Gasteiger partial charge in [-0.3, -0.25) is 0 Å². The maximum absolute atomic E-state index is 6.23. The predicted molar refractivity (Wildman–Crippen MR) is 123 cm³/mol. The van der Waals surface area contributed by atoms with Crippen LogP contribution in [0.4, 0.5) is 0 Å². The number of hydrogen-bond acceptors (Lipinski definition) is 3. The molecule has 0 aliphatic carbocycles. The summed E-state index contributed by atoms with van der Waals surface area (Å²) in [5.41, 5.74) is 3.07. The Morgan fingerprint density at radius 2 is 1.66 bits per heavy atom. The Labute approximate surface area is 190 Å². The third-order valence-electron chi connectivity index (χ3n) is 4.66. The summed E-state index contributed by atoms with van der Waals surface area (Å²) in [6.45, 7) is 3.08. The highest BCUT2D eigenvalue weighted by Gasteiger charge is 2.14. The van der Waals surface area contributed by atoms with Crippen molar-refractivity contribution >= 4 is 39.1 Å². The molecule has 1 N–H and O–H groups in total. The van der Waals surface area contributed by atoms with Crippen LogP contribution in [0.25, 0.3) is 0 Å². The molecular formula is C23H22BrCl2NO2. The normalized spacial score (nSPS) is 11.9. The van der Waals surface area contributed by atoms with Gasteiger partial charge in [0, 0.05) is 32.7 Å². The van der Waals surface area contributed by atoms with E-state index in [0.717, 1.165) is 15.6 Å². The summed E-state index contributed by atoms with van der Waals surface area (Å²) in [5.74, 6) is 1.27. The van der Waals surface area contributed by atoms with Crippen molar-refractivity contribution in [3.05, 3.63) is 91.9 Å². The van der Waals surface area contributed by atoms with Crippen molar-refractivity contribution in [2.45, 2.75) is 26.1 Å². The lowest BCUT2D eigenvalue weighted by molar-refractivity contribution is 0.284. The van der Waals surface area contributed by atoms with Crippen LogP contribution < -0.4 is 14.8 Å². The zero-order valence-corrected chi connectivity index (χ0v) is 19.3. The average Bonchev–Trinajstić information content (AvgIpc) is 2.73. The molecule has 0 aromatic heterocycles. The van der Waals surface area contributed by atoms with Crippen LogP contribution in [-0.2, 0) is 13.2 Å². The van der Waals surface area contributed by atoms with Gasteiger partial charge in [0.15, 0.2) is 11.5 Å². The third-order valence-corrected chi connectivity index (χ3v) is 6.11. The maximum atomic E-state index is 6.23. The number of ether oxygens (including phenoxy) is 2. The van der Waals surface area contributed by atoms with Crippen molar-refractivity contribution in [1.82, 2.24) is 5.32 Å². The van der Waals surface area contributed by atoms with E-state index < -0.39 is 0 Å². The molecule has 1 unspecified atom stereocenters. The summed E-state index contributed by atoms with van der Waals surface area (Å²) in [5, 5.41) is 4.69. The molecule has 3 aromatic rings. The van der Waals surface area contributed by atoms with E-state index in [2.05, 4.69) is 40.3 Å². The first kappa shape index (κ1) is 22.0. The number of benzene rings is 3. The molecule has 0 amide bonds. The molecule has 6 heteroatoms. The highest BCUT2D eigenvalue weighted by molar-refractivity contribution is 9.10. The Kier molecular flexibility index (Phi) is 7.84. The van der Waals surface area contributed by atoms with Crippen LogP contribution in [0, 0.1) is 0 Å². The topological polar surface area (TPSA) is 30.5 Å². The lowest BCUT2D eigenvalue weighted by Gasteiger charge is -2.17. The summed E-state index contributed by atoms with van der Waals surface area (Å²) in [6.07, 6.45) is 0. The first-order valence-electron chi connectivity index (χ1n) is 9.20. The molecule has 0 radical (unpaired) electrons. The smallest absolute Gasteiger partial charge is 0.162 e. The fourth-order valence-corrected chi connectivity index (χ4v) is 3.90. The van der Waals surface area contributed by atoms with Gasteiger partial charge in [-0.25, -0.2) is 0 Å². The summed E-state index contributed by atoms with van der Waals surface area (Å²) in [4.78, 5) is 0. The highest BCUT2D eigenvalue weighted by atomic mass is 79.9. The second kappa shape index (κ2) is 10.4. The van der Waals surface area contributed by atoms with Gasteiger partial charge >= 0.3 is 0 Å². The van der Waals surface area contributed by atoms with E-state index >= 15 is 0 Å². The molecule has 152 valence electrons. The van der Waals surface area contributed by atoms with Crippen LogP contribution in [0.5, 0.6) is 11.5 Å². The van der Waals surface area contributed by atoms with Crippen LogP contribution in [0.15, 0.2) is 65.1 Å². The van der Waals surface area contributed by atoms with Crippen molar-refractivity contribution in [3.63, 3.8) is 0 Å². The minimum atomic E-state index is 0.229. The Morgan fingerprint density at radius 3 is 2.31 bits per heavy atom. The van der Waals surface area contributed by atoms with E-state index in [1.165, 1.54) is 5.56 Å². The SMILES string of the molecule is COc1cc(CNC(C)c2ccccc2)c(Br)cc1OCc1c(Cl)cccc1Cl. The Balaban J connectivity index is 1.72. The van der Waals surface area contributed by atoms with Crippen LogP contribution in [0.2, 0.25) is 10.0 Å². The minimum Gasteiger partial charge on any atom is -0.493 e. The Morgan fingerprint density at radius 1 is 0.966 bits per heavy atom. The van der Waals surface area contributed by atoms with Gasteiger partial charge in [-0.2, -0.15) is 0 Å². The molecule has 3 rings (SSSR count). The van der Waals surface area contributed by atoms with Crippen molar-refractivity contribution in [2.24, 2.45) is 0 Å². The quantitative estimate of drug-likeness (QED) is 0.359. The molecule has 0 saturated heterocycles. The van der Waals surface area contributed by atoms with Gasteiger partial charge in [-0.1, -0.05) is 75.5 Å². The molecule has 3 nitrogen and oxygen atoms in total. The van der Waals surface area contributed by atoms with E-state index in [1.807, 2.05) is 36.4 Å². The second-order valence-corrected chi connectivity index (χ2v) is 8.27. The van der Waals surface area contributed by atoms with E-state index in [9.17, 15) is 0 Å². The van der Waals surface area contributed by atoms with Crippen molar-refractivity contribution in [2.75, 3.05) is 7.11 Å². The van der Waals surface area contributed by atoms with E-state index in [-0.39, 0.29) is 12.6 Å². The van der Waals surface area contributed by atoms with Gasteiger partial charge in [0.05, 0.1) is 7.11 Å². The average molecular weight is 495 g/mol. The molecule has 0 spiro atoms. The fraction of sp³-hybridized carbons (Fsp3) is 0.217. The number of methoxy groups -OCH3 is 1. The Bertz CT molecular complexity index is 946. The predicted octanol–water partition coefficient (Wildman–Crippen LogP) is 7.19. The van der Waals surface area contributed by atoms with E-state index in [0.29, 0.717) is 28.1 Å². The number of nitrogens with one attached hydrogen (secondary N) is 1. The summed E-state index contributed by atoms with van der Waals surface area (Å²) in [6, 6.07) is 19.8. The molecule has 3 aromatic carbocycles. The van der Waals surface area contributed by atoms with Gasteiger partial charge in [0.1, 0.15) is 6.61 Å². The zero-order valence-electron chi connectivity index (χ0n) is 16.2. The number of rotatable bonds is 8. The van der Waals surface area contributed by atoms with E-state index in [1.54, 1.807) is 19.2 Å². The van der Waals surface area contributed by atoms with Crippen molar-refractivity contribution in [1.29, 1.82) is 0 Å². The first-order valence-corrected chi connectivity index (χ1v) is 10.7. The van der Waals surface area contributed by atoms with Gasteiger partial charge in [-0.05, 0) is 42.3 Å². The summed E-state index contributed by atoms with van der Waals surface area (Å²) >= 11 is 16.1. The fourth-order valence-electron chi connectivity index (χ4n) is 2.93. The van der Waals surface area contributed by atoms with Gasteiger partial charge in [0.2, 0.25) is 0 Å². The number of hydrogen-bond donors (Lipinski definition) is 1. The first-order chi connectivity index (χ1) is 14.0. The Hall–Kier alpha value is -1.72. The summed E-state index contributed by atoms with van der Waals surface area (Å²) in [7, 11) is 1.63. The second-order valence-electron chi connectivity index (χ2n) is 6.60. The standard InChI is InChI=1S/C23H22BrCl2NO2/c1-15(16-7-4-3-5-8-16)27-13-17-11-22(28-2)23(12-19(17)24)29-14-18-20(25)9-6-10-21(18)26/h3-12,15,27H,13-14H2,1-2H3. The molecule has 0 aliphatic heterocycles. The molecule has 0 bridgehead atoms. The lowest BCUT2D eigenvalue weighted by Crippen LogP contribution is -2.18.